The standard InChI is InChI=1S/C12H11FN2O2/c1-15-11(10(17-2)7-14-15)12(16)8-5-3-4-6-9(8)13/h3-7H,1-2H3. The van der Waals surface area contributed by atoms with Crippen LogP contribution in [0.1, 0.15) is 16.1 Å². The Hall–Kier alpha value is -2.17. The maximum atomic E-state index is 13.5. The molecule has 1 aromatic carbocycles. The average molecular weight is 234 g/mol. The first-order chi connectivity index (χ1) is 8.15. The molecule has 1 aromatic heterocycles. The molecule has 0 fully saturated rings. The Labute approximate surface area is 97.6 Å². The molecule has 0 aliphatic rings. The van der Waals surface area contributed by atoms with Gasteiger partial charge in [0, 0.05) is 7.05 Å². The number of ether oxygens (including phenoxy) is 1. The van der Waals surface area contributed by atoms with Crippen molar-refractivity contribution in [1.29, 1.82) is 0 Å². The van der Waals surface area contributed by atoms with Crippen LogP contribution < -0.4 is 4.74 Å². The number of nitrogens with zero attached hydrogens (tertiary/aromatic N) is 2. The molecule has 0 bridgehead atoms. The lowest BCUT2D eigenvalue weighted by Crippen LogP contribution is -2.11. The first kappa shape index (κ1) is 11.3. The van der Waals surface area contributed by atoms with E-state index in [1.165, 1.54) is 36.2 Å². The molecule has 0 radical (unpaired) electrons. The SMILES string of the molecule is COc1cnn(C)c1C(=O)c1ccccc1F. The smallest absolute Gasteiger partial charge is 0.217 e. The van der Waals surface area contributed by atoms with Crippen molar-refractivity contribution in [2.24, 2.45) is 7.05 Å². The molecule has 88 valence electrons. The highest BCUT2D eigenvalue weighted by molar-refractivity contribution is 6.09. The van der Waals surface area contributed by atoms with Gasteiger partial charge in [-0.15, -0.1) is 0 Å². The Bertz CT molecular complexity index is 563. The molecule has 1 heterocycles. The summed E-state index contributed by atoms with van der Waals surface area (Å²) in [5.41, 5.74) is 0.243. The number of carbonyl (C=O) groups is 1. The summed E-state index contributed by atoms with van der Waals surface area (Å²) in [6, 6.07) is 5.83. The summed E-state index contributed by atoms with van der Waals surface area (Å²) in [6.45, 7) is 0. The molecule has 0 aliphatic heterocycles. The molecule has 0 spiro atoms. The second-order valence-electron chi connectivity index (χ2n) is 3.49. The van der Waals surface area contributed by atoms with Crippen LogP contribution >= 0.6 is 0 Å². The third-order valence-corrected chi connectivity index (χ3v) is 2.46. The zero-order valence-electron chi connectivity index (χ0n) is 9.48. The molecule has 0 N–H and O–H groups in total. The van der Waals surface area contributed by atoms with Gasteiger partial charge in [-0.05, 0) is 12.1 Å². The minimum Gasteiger partial charge on any atom is -0.493 e. The zero-order valence-corrected chi connectivity index (χ0v) is 9.48. The highest BCUT2D eigenvalue weighted by Gasteiger charge is 2.21. The van der Waals surface area contributed by atoms with Gasteiger partial charge in [0.25, 0.3) is 0 Å². The van der Waals surface area contributed by atoms with Crippen LogP contribution in [0.15, 0.2) is 30.5 Å². The summed E-state index contributed by atoms with van der Waals surface area (Å²) >= 11 is 0. The first-order valence-electron chi connectivity index (χ1n) is 5.00. The van der Waals surface area contributed by atoms with Crippen molar-refractivity contribution in [3.63, 3.8) is 0 Å². The summed E-state index contributed by atoms with van der Waals surface area (Å²) in [5.74, 6) is -0.665. The van der Waals surface area contributed by atoms with Gasteiger partial charge in [-0.2, -0.15) is 5.10 Å². The quantitative estimate of drug-likeness (QED) is 0.760. The van der Waals surface area contributed by atoms with Crippen LogP contribution in [-0.4, -0.2) is 22.7 Å². The molecule has 0 unspecified atom stereocenters. The van der Waals surface area contributed by atoms with E-state index in [1.54, 1.807) is 13.1 Å². The minimum atomic E-state index is -0.555. The van der Waals surface area contributed by atoms with E-state index in [9.17, 15) is 9.18 Å². The molecule has 0 saturated carbocycles. The van der Waals surface area contributed by atoms with Gasteiger partial charge in [0.2, 0.25) is 5.78 Å². The third-order valence-electron chi connectivity index (χ3n) is 2.46. The first-order valence-corrected chi connectivity index (χ1v) is 5.00. The van der Waals surface area contributed by atoms with E-state index in [4.69, 9.17) is 4.74 Å². The lowest BCUT2D eigenvalue weighted by molar-refractivity contribution is 0.102. The predicted molar refractivity (Wildman–Crippen MR) is 59.6 cm³/mol. The van der Waals surface area contributed by atoms with E-state index in [2.05, 4.69) is 5.10 Å². The Kier molecular flexibility index (Phi) is 2.91. The minimum absolute atomic E-state index is 0.00870. The fraction of sp³-hybridized carbons (Fsp3) is 0.167. The Morgan fingerprint density at radius 1 is 1.41 bits per heavy atom. The largest absolute Gasteiger partial charge is 0.493 e. The number of halogens is 1. The van der Waals surface area contributed by atoms with Crippen LogP contribution in [0.3, 0.4) is 0 Å². The summed E-state index contributed by atoms with van der Waals surface area (Å²) < 4.78 is 19.9. The van der Waals surface area contributed by atoms with Crippen LogP contribution in [0.25, 0.3) is 0 Å². The molecule has 5 heteroatoms. The summed E-state index contributed by atoms with van der Waals surface area (Å²) in [6.07, 6.45) is 1.42. The molecule has 4 nitrogen and oxygen atoms in total. The molecule has 2 rings (SSSR count). The molecular weight excluding hydrogens is 223 g/mol. The zero-order chi connectivity index (χ0) is 12.4. The second kappa shape index (κ2) is 4.37. The van der Waals surface area contributed by atoms with Crippen LogP contribution in [0.5, 0.6) is 5.75 Å². The summed E-state index contributed by atoms with van der Waals surface area (Å²) in [7, 11) is 3.05. The Morgan fingerprint density at radius 3 is 2.76 bits per heavy atom. The monoisotopic (exact) mass is 234 g/mol. The Morgan fingerprint density at radius 2 is 2.12 bits per heavy atom. The van der Waals surface area contributed by atoms with E-state index in [0.717, 1.165) is 0 Å². The van der Waals surface area contributed by atoms with Gasteiger partial charge >= 0.3 is 0 Å². The van der Waals surface area contributed by atoms with E-state index in [-0.39, 0.29) is 11.3 Å². The highest BCUT2D eigenvalue weighted by atomic mass is 19.1. The van der Waals surface area contributed by atoms with Gasteiger partial charge in [0.15, 0.2) is 11.4 Å². The molecule has 2 aromatic rings. The molecule has 0 amide bonds. The van der Waals surface area contributed by atoms with Crippen molar-refractivity contribution >= 4 is 5.78 Å². The maximum absolute atomic E-state index is 13.5. The van der Waals surface area contributed by atoms with E-state index >= 15 is 0 Å². The molecule has 0 saturated heterocycles. The normalized spacial score (nSPS) is 10.3. The number of hydrogen-bond acceptors (Lipinski definition) is 3. The number of benzene rings is 1. The number of aromatic nitrogens is 2. The van der Waals surface area contributed by atoms with E-state index in [1.807, 2.05) is 0 Å². The summed E-state index contributed by atoms with van der Waals surface area (Å²) in [4.78, 5) is 12.1. The van der Waals surface area contributed by atoms with Gasteiger partial charge in [0.05, 0.1) is 18.9 Å². The van der Waals surface area contributed by atoms with Crippen molar-refractivity contribution < 1.29 is 13.9 Å². The number of carbonyl (C=O) groups excluding carboxylic acids is 1. The van der Waals surface area contributed by atoms with Crippen LogP contribution in [0.4, 0.5) is 4.39 Å². The van der Waals surface area contributed by atoms with Crippen molar-refractivity contribution in [2.75, 3.05) is 7.11 Å². The van der Waals surface area contributed by atoms with E-state index < -0.39 is 11.6 Å². The van der Waals surface area contributed by atoms with Gasteiger partial charge in [-0.25, -0.2) is 4.39 Å². The number of rotatable bonds is 3. The molecule has 0 aliphatic carbocycles. The number of ketones is 1. The predicted octanol–water partition coefficient (Wildman–Crippen LogP) is 1.80. The van der Waals surface area contributed by atoms with Gasteiger partial charge in [-0.1, -0.05) is 12.1 Å². The van der Waals surface area contributed by atoms with Crippen molar-refractivity contribution in [2.45, 2.75) is 0 Å². The van der Waals surface area contributed by atoms with E-state index in [0.29, 0.717) is 5.75 Å². The van der Waals surface area contributed by atoms with Crippen molar-refractivity contribution in [3.8, 4) is 5.75 Å². The molecular formula is C12H11FN2O2. The van der Waals surface area contributed by atoms with Crippen molar-refractivity contribution in [1.82, 2.24) is 9.78 Å². The average Bonchev–Trinajstić information content (AvgIpc) is 2.70. The topological polar surface area (TPSA) is 44.1 Å². The molecule has 17 heavy (non-hydrogen) atoms. The number of hydrogen-bond donors (Lipinski definition) is 0. The maximum Gasteiger partial charge on any atom is 0.217 e. The van der Waals surface area contributed by atoms with Crippen LogP contribution in [0.2, 0.25) is 0 Å². The Balaban J connectivity index is 2.51. The molecule has 0 atom stereocenters. The highest BCUT2D eigenvalue weighted by Crippen LogP contribution is 2.21. The second-order valence-corrected chi connectivity index (χ2v) is 3.49. The fourth-order valence-corrected chi connectivity index (χ4v) is 1.60. The van der Waals surface area contributed by atoms with Gasteiger partial charge in [-0.3, -0.25) is 9.48 Å². The van der Waals surface area contributed by atoms with Crippen molar-refractivity contribution in [3.05, 3.63) is 47.5 Å². The van der Waals surface area contributed by atoms with Gasteiger partial charge in [0.1, 0.15) is 5.82 Å². The lowest BCUT2D eigenvalue weighted by Gasteiger charge is -2.05. The van der Waals surface area contributed by atoms with Crippen LogP contribution in [-0.2, 0) is 7.05 Å². The van der Waals surface area contributed by atoms with Gasteiger partial charge < -0.3 is 4.74 Å². The third kappa shape index (κ3) is 1.91. The lowest BCUT2D eigenvalue weighted by atomic mass is 10.1. The van der Waals surface area contributed by atoms with Crippen LogP contribution in [0, 0.1) is 5.82 Å². The fourth-order valence-electron chi connectivity index (χ4n) is 1.60. The number of aryl methyl sites for hydroxylation is 1. The summed E-state index contributed by atoms with van der Waals surface area (Å²) in [5, 5.41) is 3.91. The number of methoxy groups -OCH3 is 1.